The number of halogens is 1. The molecule has 0 bridgehead atoms. The fourth-order valence-corrected chi connectivity index (χ4v) is 5.66. The van der Waals surface area contributed by atoms with Gasteiger partial charge < -0.3 is 29.4 Å². The Labute approximate surface area is 306 Å². The molecular weight excluding hydrogens is 749 g/mol. The Morgan fingerprint density at radius 3 is 2.08 bits per heavy atom. The van der Waals surface area contributed by atoms with Gasteiger partial charge in [0.15, 0.2) is 0 Å². The van der Waals surface area contributed by atoms with Crippen LogP contribution in [-0.4, -0.2) is 41.3 Å². The Kier molecular flexibility index (Phi) is 12.5. The molecule has 1 atom stereocenters. The van der Waals surface area contributed by atoms with Crippen molar-refractivity contribution >= 4 is 46.2 Å². The first-order chi connectivity index (χ1) is 23.6. The summed E-state index contributed by atoms with van der Waals surface area (Å²) in [7, 11) is 1.59. The number of ether oxygens (including phenoxy) is 3. The molecule has 4 rings (SSSR count). The summed E-state index contributed by atoms with van der Waals surface area (Å²) in [6.45, 7) is 11.1. The lowest BCUT2D eigenvalue weighted by atomic mass is 9.84. The van der Waals surface area contributed by atoms with Crippen LogP contribution in [0, 0.1) is 10.5 Å². The van der Waals surface area contributed by atoms with Crippen LogP contribution in [0.1, 0.15) is 62.4 Å². The molecule has 10 nitrogen and oxygen atoms in total. The van der Waals surface area contributed by atoms with Gasteiger partial charge in [-0.25, -0.2) is 4.79 Å². The van der Waals surface area contributed by atoms with E-state index in [1.165, 1.54) is 4.57 Å². The summed E-state index contributed by atoms with van der Waals surface area (Å²) in [5.74, 6) is -0.240. The van der Waals surface area contributed by atoms with Crippen LogP contribution in [0.3, 0.4) is 0 Å². The van der Waals surface area contributed by atoms with E-state index in [9.17, 15) is 19.2 Å². The zero-order valence-electron chi connectivity index (χ0n) is 29.5. The Balaban J connectivity index is 1.58. The van der Waals surface area contributed by atoms with Crippen LogP contribution in [-0.2, 0) is 44.1 Å². The molecule has 264 valence electrons. The maximum absolute atomic E-state index is 13.9. The summed E-state index contributed by atoms with van der Waals surface area (Å²) < 4.78 is 18.6. The molecule has 1 unspecified atom stereocenters. The fraction of sp³-hybridized carbons (Fsp3) is 0.333. The minimum Gasteiger partial charge on any atom is -0.497 e. The number of aromatic nitrogens is 1. The molecule has 50 heavy (non-hydrogen) atoms. The van der Waals surface area contributed by atoms with Gasteiger partial charge >= 0.3 is 12.1 Å². The number of alkyl carbamates (subject to hydrolysis) is 1. The summed E-state index contributed by atoms with van der Waals surface area (Å²) in [5, 5.41) is 5.50. The number of carbonyl (C=O) groups excluding carboxylic acids is 3. The third-order valence-corrected chi connectivity index (χ3v) is 9.17. The van der Waals surface area contributed by atoms with Gasteiger partial charge in [-0.15, -0.1) is 0 Å². The van der Waals surface area contributed by atoms with Gasteiger partial charge in [0.25, 0.3) is 5.56 Å². The van der Waals surface area contributed by atoms with E-state index in [1.807, 2.05) is 87.5 Å². The monoisotopic (exact) mass is 793 g/mol. The van der Waals surface area contributed by atoms with E-state index in [4.69, 9.17) is 14.2 Å². The molecule has 0 fully saturated rings. The Morgan fingerprint density at radius 2 is 1.48 bits per heavy atom. The molecule has 0 saturated heterocycles. The molecular formula is C39H44IN3O7. The van der Waals surface area contributed by atoms with Crippen LogP contribution in [0.4, 0.5) is 10.5 Å². The Morgan fingerprint density at radius 1 is 0.860 bits per heavy atom. The van der Waals surface area contributed by atoms with E-state index in [1.54, 1.807) is 46.2 Å². The lowest BCUT2D eigenvalue weighted by molar-refractivity contribution is -0.160. The summed E-state index contributed by atoms with van der Waals surface area (Å²) in [6.07, 6.45) is 1.05. The third-order valence-electron chi connectivity index (χ3n) is 8.08. The third kappa shape index (κ3) is 10.2. The van der Waals surface area contributed by atoms with Crippen LogP contribution in [0.25, 0.3) is 0 Å². The smallest absolute Gasteiger partial charge is 0.408 e. The summed E-state index contributed by atoms with van der Waals surface area (Å²) >= 11 is 2.13. The Bertz CT molecular complexity index is 1860. The highest BCUT2D eigenvalue weighted by atomic mass is 127. The van der Waals surface area contributed by atoms with Crippen molar-refractivity contribution in [3.63, 3.8) is 0 Å². The highest BCUT2D eigenvalue weighted by molar-refractivity contribution is 14.1. The number of benzene rings is 3. The molecule has 0 aliphatic rings. The van der Waals surface area contributed by atoms with Crippen molar-refractivity contribution in [3.05, 3.63) is 127 Å². The molecule has 0 saturated carbocycles. The van der Waals surface area contributed by atoms with Crippen LogP contribution in [0.5, 0.6) is 5.75 Å². The molecule has 1 heterocycles. The van der Waals surface area contributed by atoms with E-state index >= 15 is 0 Å². The number of pyridine rings is 1. The highest BCUT2D eigenvalue weighted by Crippen LogP contribution is 2.28. The maximum Gasteiger partial charge on any atom is 0.408 e. The second-order valence-corrected chi connectivity index (χ2v) is 14.7. The number of hydrogen-bond donors (Lipinski definition) is 2. The van der Waals surface area contributed by atoms with E-state index in [0.29, 0.717) is 16.9 Å². The van der Waals surface area contributed by atoms with Gasteiger partial charge in [0.05, 0.1) is 19.1 Å². The van der Waals surface area contributed by atoms with Crippen LogP contribution < -0.4 is 20.9 Å². The molecule has 0 aliphatic heterocycles. The van der Waals surface area contributed by atoms with E-state index in [-0.39, 0.29) is 36.8 Å². The fourth-order valence-electron chi connectivity index (χ4n) is 5.05. The molecule has 2 amide bonds. The number of carbonyl (C=O) groups is 3. The van der Waals surface area contributed by atoms with Gasteiger partial charge in [-0.2, -0.15) is 0 Å². The minimum atomic E-state index is -1.10. The van der Waals surface area contributed by atoms with E-state index < -0.39 is 29.1 Å². The van der Waals surface area contributed by atoms with Crippen molar-refractivity contribution in [2.24, 2.45) is 0 Å². The summed E-state index contributed by atoms with van der Waals surface area (Å²) in [6, 6.07) is 22.7. The van der Waals surface area contributed by atoms with E-state index in [0.717, 1.165) is 20.3 Å². The second kappa shape index (κ2) is 16.4. The minimum absolute atomic E-state index is 0.0154. The maximum atomic E-state index is 13.9. The highest BCUT2D eigenvalue weighted by Gasteiger charge is 2.34. The van der Waals surface area contributed by atoms with Gasteiger partial charge in [0.1, 0.15) is 29.7 Å². The first-order valence-corrected chi connectivity index (χ1v) is 17.3. The van der Waals surface area contributed by atoms with Crippen LogP contribution in [0.15, 0.2) is 89.9 Å². The zero-order valence-corrected chi connectivity index (χ0v) is 31.6. The van der Waals surface area contributed by atoms with Crippen molar-refractivity contribution < 1.29 is 28.6 Å². The van der Waals surface area contributed by atoms with Crippen molar-refractivity contribution in [1.29, 1.82) is 0 Å². The number of amides is 2. The molecule has 4 aromatic rings. The topological polar surface area (TPSA) is 125 Å². The number of nitrogens with zero attached hydrogens (tertiary/aromatic N) is 1. The van der Waals surface area contributed by atoms with Gasteiger partial charge in [-0.3, -0.25) is 14.4 Å². The van der Waals surface area contributed by atoms with Gasteiger partial charge in [-0.1, -0.05) is 66.7 Å². The molecule has 0 aliphatic carbocycles. The van der Waals surface area contributed by atoms with Gasteiger partial charge in [0, 0.05) is 16.2 Å². The van der Waals surface area contributed by atoms with Crippen molar-refractivity contribution in [1.82, 2.24) is 9.88 Å². The molecule has 2 N–H and O–H groups in total. The average molecular weight is 794 g/mol. The van der Waals surface area contributed by atoms with E-state index in [2.05, 4.69) is 33.2 Å². The first kappa shape index (κ1) is 38.2. The van der Waals surface area contributed by atoms with Crippen LogP contribution in [0.2, 0.25) is 0 Å². The Hall–Kier alpha value is -4.65. The molecule has 0 spiro atoms. The molecule has 0 radical (unpaired) electrons. The molecule has 11 heteroatoms. The lowest BCUT2D eigenvalue weighted by Crippen LogP contribution is -2.46. The van der Waals surface area contributed by atoms with Crippen molar-refractivity contribution in [3.8, 4) is 5.75 Å². The second-order valence-electron chi connectivity index (χ2n) is 13.5. The normalized spacial score (nSPS) is 12.1. The number of rotatable bonds is 12. The summed E-state index contributed by atoms with van der Waals surface area (Å²) in [5.41, 5.74) is 1.91. The van der Waals surface area contributed by atoms with Crippen molar-refractivity contribution in [2.75, 3.05) is 12.4 Å². The zero-order chi connectivity index (χ0) is 36.6. The number of hydrogen-bond acceptors (Lipinski definition) is 7. The van der Waals surface area contributed by atoms with Crippen LogP contribution >= 0.6 is 22.6 Å². The summed E-state index contributed by atoms with van der Waals surface area (Å²) in [4.78, 5) is 53.6. The van der Waals surface area contributed by atoms with Gasteiger partial charge in [-0.05, 0) is 104 Å². The molecule has 1 aromatic heterocycles. The lowest BCUT2D eigenvalue weighted by Gasteiger charge is -2.29. The van der Waals surface area contributed by atoms with Crippen molar-refractivity contribution in [2.45, 2.75) is 78.2 Å². The molecule has 3 aromatic carbocycles. The number of methoxy groups -OCH3 is 1. The predicted octanol–water partition coefficient (Wildman–Crippen LogP) is 6.91. The SMILES string of the molecule is COc1ccc(Cn2cc(I)c(C)c(NC(=O)C(Cc3ccc(C(C)(C)C(=O)OC(C)(C)C)cc3)NC(=O)OCc3ccccc3)c2=O)cc1. The average Bonchev–Trinajstić information content (AvgIpc) is 3.08. The quantitative estimate of drug-likeness (QED) is 0.118. The number of nitrogens with one attached hydrogen (secondary N) is 2. The largest absolute Gasteiger partial charge is 0.497 e. The standard InChI is InChI=1S/C39H44IN3O7/c1-25-31(40)23-43(22-27-15-19-30(48-7)20-16-27)35(45)33(25)42-34(44)32(41-37(47)49-24-28-11-9-8-10-12-28)21-26-13-17-29(18-14-26)39(5,6)36(46)50-38(2,3)4/h8-20,23,32H,21-22,24H2,1-7H3,(H,41,47)(H,42,44). The number of esters is 1. The first-order valence-electron chi connectivity index (χ1n) is 16.2. The van der Waals surface area contributed by atoms with Gasteiger partial charge in [0.2, 0.25) is 5.91 Å². The number of anilines is 1. The predicted molar refractivity (Wildman–Crippen MR) is 201 cm³/mol.